The standard InChI is InChI=1S/C13H13F3N4/c1-3-18-12-8(2)11(19-7-20-12)9-6-17-5-4-10(9)13(14,15)16/h4-7H,3H2,1-2H3,(H,18,19,20). The third-order valence-corrected chi connectivity index (χ3v) is 2.81. The van der Waals surface area contributed by atoms with Gasteiger partial charge in [0.15, 0.2) is 0 Å². The monoisotopic (exact) mass is 282 g/mol. The number of halogens is 3. The second kappa shape index (κ2) is 5.44. The summed E-state index contributed by atoms with van der Waals surface area (Å²) in [5.41, 5.74) is 0.0000246. The highest BCUT2D eigenvalue weighted by Crippen LogP contribution is 2.37. The van der Waals surface area contributed by atoms with Crippen LogP contribution in [0.25, 0.3) is 11.3 Å². The fraction of sp³-hybridized carbons (Fsp3) is 0.308. The number of alkyl halides is 3. The van der Waals surface area contributed by atoms with Gasteiger partial charge in [-0.2, -0.15) is 13.2 Å². The molecule has 0 aliphatic rings. The Morgan fingerprint density at radius 1 is 1.25 bits per heavy atom. The van der Waals surface area contributed by atoms with Gasteiger partial charge in [0, 0.05) is 30.1 Å². The van der Waals surface area contributed by atoms with Crippen LogP contribution in [0.15, 0.2) is 24.8 Å². The number of aromatic nitrogens is 3. The summed E-state index contributed by atoms with van der Waals surface area (Å²) in [4.78, 5) is 11.8. The normalized spacial score (nSPS) is 11.4. The molecule has 0 bridgehead atoms. The molecule has 2 aromatic rings. The molecule has 0 spiro atoms. The summed E-state index contributed by atoms with van der Waals surface area (Å²) in [5, 5.41) is 2.99. The molecule has 7 heteroatoms. The zero-order chi connectivity index (χ0) is 14.8. The summed E-state index contributed by atoms with van der Waals surface area (Å²) >= 11 is 0. The van der Waals surface area contributed by atoms with Gasteiger partial charge in [-0.25, -0.2) is 9.97 Å². The zero-order valence-electron chi connectivity index (χ0n) is 11.0. The quantitative estimate of drug-likeness (QED) is 0.938. The Balaban J connectivity index is 2.61. The molecule has 1 N–H and O–H groups in total. The van der Waals surface area contributed by atoms with Crippen molar-refractivity contribution in [1.82, 2.24) is 15.0 Å². The van der Waals surface area contributed by atoms with Gasteiger partial charge in [0.1, 0.15) is 12.1 Å². The highest BCUT2D eigenvalue weighted by atomic mass is 19.4. The molecule has 0 radical (unpaired) electrons. The summed E-state index contributed by atoms with van der Waals surface area (Å²) in [6.45, 7) is 4.18. The van der Waals surface area contributed by atoms with Crippen LogP contribution in [0.5, 0.6) is 0 Å². The molecule has 106 valence electrons. The lowest BCUT2D eigenvalue weighted by Gasteiger charge is -2.14. The van der Waals surface area contributed by atoms with Crippen LogP contribution in [0.2, 0.25) is 0 Å². The van der Waals surface area contributed by atoms with E-state index in [1.54, 1.807) is 6.92 Å². The van der Waals surface area contributed by atoms with Gasteiger partial charge in [0.2, 0.25) is 0 Å². The Morgan fingerprint density at radius 2 is 2.00 bits per heavy atom. The first-order chi connectivity index (χ1) is 9.45. The van der Waals surface area contributed by atoms with Crippen LogP contribution in [-0.2, 0) is 6.18 Å². The van der Waals surface area contributed by atoms with Crippen LogP contribution >= 0.6 is 0 Å². The van der Waals surface area contributed by atoms with Crippen molar-refractivity contribution in [2.24, 2.45) is 0 Å². The fourth-order valence-electron chi connectivity index (χ4n) is 1.90. The number of rotatable bonds is 3. The maximum atomic E-state index is 13.0. The highest BCUT2D eigenvalue weighted by Gasteiger charge is 2.34. The third-order valence-electron chi connectivity index (χ3n) is 2.81. The lowest BCUT2D eigenvalue weighted by Crippen LogP contribution is -2.10. The van der Waals surface area contributed by atoms with Gasteiger partial charge in [-0.05, 0) is 19.9 Å². The number of nitrogens with one attached hydrogen (secondary N) is 1. The van der Waals surface area contributed by atoms with Crippen molar-refractivity contribution in [2.75, 3.05) is 11.9 Å². The Kier molecular flexibility index (Phi) is 3.87. The molecule has 0 amide bonds. The highest BCUT2D eigenvalue weighted by molar-refractivity contribution is 5.70. The molecule has 20 heavy (non-hydrogen) atoms. The van der Waals surface area contributed by atoms with Gasteiger partial charge in [-0.1, -0.05) is 0 Å². The minimum atomic E-state index is -4.45. The fourth-order valence-corrected chi connectivity index (χ4v) is 1.90. The van der Waals surface area contributed by atoms with Crippen LogP contribution in [0, 0.1) is 6.92 Å². The summed E-state index contributed by atoms with van der Waals surface area (Å²) < 4.78 is 39.1. The summed E-state index contributed by atoms with van der Waals surface area (Å²) in [6, 6.07) is 0.948. The lowest BCUT2D eigenvalue weighted by molar-refractivity contribution is -0.137. The van der Waals surface area contributed by atoms with Crippen LogP contribution in [0.3, 0.4) is 0 Å². The minimum Gasteiger partial charge on any atom is -0.370 e. The molecular formula is C13H13F3N4. The van der Waals surface area contributed by atoms with E-state index in [4.69, 9.17) is 0 Å². The number of anilines is 1. The second-order valence-electron chi connectivity index (χ2n) is 4.15. The van der Waals surface area contributed by atoms with Gasteiger partial charge in [-0.15, -0.1) is 0 Å². The van der Waals surface area contributed by atoms with E-state index in [0.717, 1.165) is 12.3 Å². The molecule has 2 heterocycles. The van der Waals surface area contributed by atoms with E-state index >= 15 is 0 Å². The first-order valence-corrected chi connectivity index (χ1v) is 6.02. The topological polar surface area (TPSA) is 50.7 Å². The molecular weight excluding hydrogens is 269 g/mol. The average molecular weight is 282 g/mol. The Labute approximate surface area is 114 Å². The summed E-state index contributed by atoms with van der Waals surface area (Å²) in [7, 11) is 0. The number of nitrogens with zero attached hydrogens (tertiary/aromatic N) is 3. The van der Waals surface area contributed by atoms with E-state index in [1.165, 1.54) is 12.5 Å². The van der Waals surface area contributed by atoms with Crippen LogP contribution in [0.1, 0.15) is 18.1 Å². The third kappa shape index (κ3) is 2.71. The second-order valence-corrected chi connectivity index (χ2v) is 4.15. The Bertz CT molecular complexity index is 611. The molecule has 0 saturated carbocycles. The Hall–Kier alpha value is -2.18. The van der Waals surface area contributed by atoms with Crippen molar-refractivity contribution >= 4 is 5.82 Å². The van der Waals surface area contributed by atoms with E-state index in [0.29, 0.717) is 17.9 Å². The summed E-state index contributed by atoms with van der Waals surface area (Å²) in [5.74, 6) is 0.523. The minimum absolute atomic E-state index is 0.0425. The molecule has 2 aromatic heterocycles. The molecule has 0 aliphatic carbocycles. The van der Waals surface area contributed by atoms with Crippen molar-refractivity contribution in [3.05, 3.63) is 35.9 Å². The van der Waals surface area contributed by atoms with Gasteiger partial charge in [-0.3, -0.25) is 4.98 Å². The molecule has 0 atom stereocenters. The predicted octanol–water partition coefficient (Wildman–Crippen LogP) is 3.30. The maximum Gasteiger partial charge on any atom is 0.417 e. The van der Waals surface area contributed by atoms with Gasteiger partial charge < -0.3 is 5.32 Å². The van der Waals surface area contributed by atoms with Crippen molar-refractivity contribution in [3.8, 4) is 11.3 Å². The van der Waals surface area contributed by atoms with Crippen LogP contribution < -0.4 is 5.32 Å². The van der Waals surface area contributed by atoms with E-state index in [-0.39, 0.29) is 11.3 Å². The number of hydrogen-bond acceptors (Lipinski definition) is 4. The zero-order valence-corrected chi connectivity index (χ0v) is 11.0. The van der Waals surface area contributed by atoms with Crippen molar-refractivity contribution < 1.29 is 13.2 Å². The SMILES string of the molecule is CCNc1ncnc(-c2cnccc2C(F)(F)F)c1C. The van der Waals surface area contributed by atoms with Crippen molar-refractivity contribution in [1.29, 1.82) is 0 Å². The van der Waals surface area contributed by atoms with Crippen molar-refractivity contribution in [2.45, 2.75) is 20.0 Å². The number of hydrogen-bond donors (Lipinski definition) is 1. The first-order valence-electron chi connectivity index (χ1n) is 6.02. The molecule has 0 aromatic carbocycles. The number of pyridine rings is 1. The Morgan fingerprint density at radius 3 is 2.65 bits per heavy atom. The maximum absolute atomic E-state index is 13.0. The van der Waals surface area contributed by atoms with E-state index < -0.39 is 11.7 Å². The van der Waals surface area contributed by atoms with E-state index in [2.05, 4.69) is 20.3 Å². The smallest absolute Gasteiger partial charge is 0.370 e. The molecule has 0 aliphatic heterocycles. The largest absolute Gasteiger partial charge is 0.417 e. The predicted molar refractivity (Wildman–Crippen MR) is 69.2 cm³/mol. The van der Waals surface area contributed by atoms with Gasteiger partial charge in [0.25, 0.3) is 0 Å². The van der Waals surface area contributed by atoms with Crippen LogP contribution in [0.4, 0.5) is 19.0 Å². The lowest BCUT2D eigenvalue weighted by atomic mass is 10.0. The summed E-state index contributed by atoms with van der Waals surface area (Å²) in [6.07, 6.45) is -0.913. The van der Waals surface area contributed by atoms with Gasteiger partial charge >= 0.3 is 6.18 Å². The molecule has 0 fully saturated rings. The molecule has 0 unspecified atom stereocenters. The molecule has 4 nitrogen and oxygen atoms in total. The first kappa shape index (κ1) is 14.2. The van der Waals surface area contributed by atoms with Gasteiger partial charge in [0.05, 0.1) is 11.3 Å². The van der Waals surface area contributed by atoms with Crippen molar-refractivity contribution in [3.63, 3.8) is 0 Å². The van der Waals surface area contributed by atoms with Crippen LogP contribution in [-0.4, -0.2) is 21.5 Å². The average Bonchev–Trinajstić information content (AvgIpc) is 2.40. The van der Waals surface area contributed by atoms with E-state index in [1.807, 2.05) is 6.92 Å². The van der Waals surface area contributed by atoms with E-state index in [9.17, 15) is 13.2 Å². The molecule has 0 saturated heterocycles. The molecule has 2 rings (SSSR count).